The number of benzene rings is 3. The molecule has 176 valence electrons. The number of carbonyl (C=O) groups excluding carboxylic acids is 1. The fourth-order valence-corrected chi connectivity index (χ4v) is 5.04. The van der Waals surface area contributed by atoms with Gasteiger partial charge in [0, 0.05) is 5.69 Å². The molecule has 0 aliphatic carbocycles. The Morgan fingerprint density at radius 1 is 0.943 bits per heavy atom. The molecule has 0 radical (unpaired) electrons. The third-order valence-corrected chi connectivity index (χ3v) is 7.08. The summed E-state index contributed by atoms with van der Waals surface area (Å²) in [5.74, 6) is 0.280. The molecule has 1 N–H and O–H groups in total. The van der Waals surface area contributed by atoms with Gasteiger partial charge in [0.2, 0.25) is 11.7 Å². The molecule has 1 amide bonds. The van der Waals surface area contributed by atoms with Gasteiger partial charge in [-0.05, 0) is 63.1 Å². The summed E-state index contributed by atoms with van der Waals surface area (Å²) in [6.45, 7) is 7.79. The average molecular weight is 484 g/mol. The van der Waals surface area contributed by atoms with Gasteiger partial charge >= 0.3 is 0 Å². The maximum absolute atomic E-state index is 13.6. The van der Waals surface area contributed by atoms with Crippen molar-refractivity contribution < 1.29 is 4.79 Å². The second kappa shape index (κ2) is 9.03. The van der Waals surface area contributed by atoms with Crippen LogP contribution in [0.2, 0.25) is 0 Å². The van der Waals surface area contributed by atoms with E-state index >= 15 is 0 Å². The highest BCUT2D eigenvalue weighted by atomic mass is 32.2. The fourth-order valence-electron chi connectivity index (χ4n) is 4.19. The second-order valence-corrected chi connectivity index (χ2v) is 9.94. The van der Waals surface area contributed by atoms with Crippen LogP contribution in [-0.4, -0.2) is 30.3 Å². The molecule has 7 nitrogen and oxygen atoms in total. The van der Waals surface area contributed by atoms with Crippen LogP contribution in [0.15, 0.2) is 76.7 Å². The van der Waals surface area contributed by atoms with Crippen LogP contribution in [-0.2, 0) is 4.79 Å². The number of nitrogens with zero attached hydrogens (tertiary/aromatic N) is 4. The van der Waals surface area contributed by atoms with Crippen molar-refractivity contribution in [1.82, 2.24) is 19.2 Å². The molecule has 2 aromatic heterocycles. The third kappa shape index (κ3) is 4.10. The molecule has 0 saturated carbocycles. The van der Waals surface area contributed by atoms with Gasteiger partial charge in [-0.1, -0.05) is 59.8 Å². The number of nitrogens with one attached hydrogen (secondary N) is 1. The lowest BCUT2D eigenvalue weighted by molar-refractivity contribution is -0.115. The molecule has 2 heterocycles. The van der Waals surface area contributed by atoms with Gasteiger partial charge in [0.05, 0.1) is 21.8 Å². The summed E-state index contributed by atoms with van der Waals surface area (Å²) in [5.41, 5.74) is 5.15. The topological polar surface area (TPSA) is 81.3 Å². The number of carbonyl (C=O) groups is 1. The highest BCUT2D eigenvalue weighted by Gasteiger charge is 2.23. The number of fused-ring (bicyclic) bond motifs is 3. The lowest BCUT2D eigenvalue weighted by Crippen LogP contribution is -2.24. The summed E-state index contributed by atoms with van der Waals surface area (Å²) in [5, 5.41) is 12.5. The summed E-state index contributed by atoms with van der Waals surface area (Å²) < 4.78 is 3.46. The molecule has 0 bridgehead atoms. The lowest BCUT2D eigenvalue weighted by Gasteiger charge is -2.15. The van der Waals surface area contributed by atoms with Crippen LogP contribution in [0.5, 0.6) is 0 Å². The van der Waals surface area contributed by atoms with Gasteiger partial charge in [-0.3, -0.25) is 14.0 Å². The molecule has 5 rings (SSSR count). The molecule has 0 saturated heterocycles. The molecule has 3 aromatic carbocycles. The van der Waals surface area contributed by atoms with Gasteiger partial charge < -0.3 is 5.32 Å². The molecule has 35 heavy (non-hydrogen) atoms. The molecule has 5 aromatic rings. The van der Waals surface area contributed by atoms with E-state index in [0.717, 1.165) is 28.1 Å². The smallest absolute Gasteiger partial charge is 0.267 e. The SMILES string of the molecule is Cc1ccc(-n2c(=O)c3ccccc3n3c(SC(C)C(=O)Nc4ccccc4C)nnc23)c(C)c1. The van der Waals surface area contributed by atoms with Crippen molar-refractivity contribution in [2.24, 2.45) is 0 Å². The fraction of sp³-hybridized carbons (Fsp3) is 0.185. The highest BCUT2D eigenvalue weighted by molar-refractivity contribution is 8.00. The normalized spacial score (nSPS) is 12.2. The quantitative estimate of drug-likeness (QED) is 0.353. The van der Waals surface area contributed by atoms with E-state index in [1.54, 1.807) is 10.6 Å². The summed E-state index contributed by atoms with van der Waals surface area (Å²) in [6, 6.07) is 21.0. The summed E-state index contributed by atoms with van der Waals surface area (Å²) >= 11 is 1.31. The molecule has 0 aliphatic heterocycles. The van der Waals surface area contributed by atoms with Crippen LogP contribution < -0.4 is 10.9 Å². The third-order valence-electron chi connectivity index (χ3n) is 6.04. The van der Waals surface area contributed by atoms with Gasteiger partial charge in [-0.2, -0.15) is 0 Å². The van der Waals surface area contributed by atoms with Gasteiger partial charge in [0.25, 0.3) is 5.56 Å². The lowest BCUT2D eigenvalue weighted by atomic mass is 10.1. The molecule has 0 spiro atoms. The van der Waals surface area contributed by atoms with Crippen molar-refractivity contribution in [2.45, 2.75) is 38.1 Å². The van der Waals surface area contributed by atoms with Crippen molar-refractivity contribution >= 4 is 40.0 Å². The number of anilines is 1. The number of aromatic nitrogens is 4. The Labute approximate surface area is 206 Å². The monoisotopic (exact) mass is 483 g/mol. The van der Waals surface area contributed by atoms with E-state index in [9.17, 15) is 9.59 Å². The minimum Gasteiger partial charge on any atom is -0.325 e. The predicted octanol–water partition coefficient (Wildman–Crippen LogP) is 5.08. The van der Waals surface area contributed by atoms with Crippen LogP contribution in [0, 0.1) is 20.8 Å². The zero-order valence-corrected chi connectivity index (χ0v) is 20.8. The van der Waals surface area contributed by atoms with Crippen molar-refractivity contribution in [3.05, 3.63) is 93.8 Å². The van der Waals surface area contributed by atoms with Crippen molar-refractivity contribution in [3.63, 3.8) is 0 Å². The van der Waals surface area contributed by atoms with Gasteiger partial charge in [0.15, 0.2) is 5.16 Å². The first-order chi connectivity index (χ1) is 16.8. The Morgan fingerprint density at radius 3 is 2.46 bits per heavy atom. The number of amides is 1. The first-order valence-electron chi connectivity index (χ1n) is 11.3. The Morgan fingerprint density at radius 2 is 1.69 bits per heavy atom. The molecule has 1 atom stereocenters. The van der Waals surface area contributed by atoms with E-state index in [1.807, 2.05) is 92.8 Å². The van der Waals surface area contributed by atoms with Gasteiger partial charge in [-0.25, -0.2) is 4.57 Å². The summed E-state index contributed by atoms with van der Waals surface area (Å²) in [7, 11) is 0. The largest absolute Gasteiger partial charge is 0.325 e. The molecular weight excluding hydrogens is 458 g/mol. The zero-order chi connectivity index (χ0) is 24.7. The predicted molar refractivity (Wildman–Crippen MR) is 141 cm³/mol. The molecule has 0 aliphatic rings. The molecule has 8 heteroatoms. The number of thioether (sulfide) groups is 1. The first-order valence-corrected chi connectivity index (χ1v) is 12.2. The van der Waals surface area contributed by atoms with Crippen LogP contribution >= 0.6 is 11.8 Å². The zero-order valence-electron chi connectivity index (χ0n) is 19.9. The van der Waals surface area contributed by atoms with Crippen molar-refractivity contribution in [1.29, 1.82) is 0 Å². The maximum Gasteiger partial charge on any atom is 0.267 e. The Bertz CT molecular complexity index is 1650. The van der Waals surface area contributed by atoms with Crippen LogP contribution in [0.25, 0.3) is 22.4 Å². The number of hydrogen-bond donors (Lipinski definition) is 1. The van der Waals surface area contributed by atoms with Crippen LogP contribution in [0.4, 0.5) is 5.69 Å². The Hall–Kier alpha value is -3.91. The van der Waals surface area contributed by atoms with E-state index in [0.29, 0.717) is 21.8 Å². The summed E-state index contributed by atoms with van der Waals surface area (Å²) in [4.78, 5) is 26.5. The van der Waals surface area contributed by atoms with Crippen LogP contribution in [0.1, 0.15) is 23.6 Å². The Balaban J connectivity index is 1.62. The standard InChI is InChI=1S/C27H25N5O2S/c1-16-13-14-22(18(3)15-16)31-25(34)20-10-6-8-12-23(20)32-26(31)29-30-27(32)35-19(4)24(33)28-21-11-7-5-9-17(21)2/h5-15,19H,1-4H3,(H,28,33). The second-order valence-electron chi connectivity index (χ2n) is 8.63. The van der Waals surface area contributed by atoms with E-state index in [4.69, 9.17) is 0 Å². The highest BCUT2D eigenvalue weighted by Crippen LogP contribution is 2.28. The summed E-state index contributed by atoms with van der Waals surface area (Å²) in [6.07, 6.45) is 0. The van der Waals surface area contributed by atoms with Gasteiger partial charge in [-0.15, -0.1) is 10.2 Å². The average Bonchev–Trinajstić information content (AvgIpc) is 3.25. The molecular formula is C27H25N5O2S. The van der Waals surface area contributed by atoms with Gasteiger partial charge in [0.1, 0.15) is 0 Å². The number of para-hydroxylation sites is 2. The van der Waals surface area contributed by atoms with Crippen molar-refractivity contribution in [2.75, 3.05) is 5.32 Å². The maximum atomic E-state index is 13.6. The molecule has 1 unspecified atom stereocenters. The van der Waals surface area contributed by atoms with E-state index in [-0.39, 0.29) is 11.5 Å². The number of hydrogen-bond acceptors (Lipinski definition) is 5. The minimum absolute atomic E-state index is 0.131. The number of rotatable bonds is 5. The molecule has 0 fully saturated rings. The number of aryl methyl sites for hydroxylation is 3. The van der Waals surface area contributed by atoms with Crippen molar-refractivity contribution in [3.8, 4) is 5.69 Å². The first kappa shape index (κ1) is 22.9. The van der Waals surface area contributed by atoms with E-state index in [1.165, 1.54) is 11.8 Å². The minimum atomic E-state index is -0.442. The van der Waals surface area contributed by atoms with E-state index in [2.05, 4.69) is 15.5 Å². The Kier molecular flexibility index (Phi) is 5.90. The van der Waals surface area contributed by atoms with E-state index < -0.39 is 5.25 Å². The van der Waals surface area contributed by atoms with Crippen LogP contribution in [0.3, 0.4) is 0 Å².